The van der Waals surface area contributed by atoms with Crippen molar-refractivity contribution >= 4 is 17.5 Å². The van der Waals surface area contributed by atoms with Crippen LogP contribution in [0.25, 0.3) is 11.4 Å². The molecule has 0 aliphatic carbocycles. The average Bonchev–Trinajstić information content (AvgIpc) is 3.47. The zero-order valence-electron chi connectivity index (χ0n) is 17.5. The zero-order valence-corrected chi connectivity index (χ0v) is 18.3. The van der Waals surface area contributed by atoms with Crippen LogP contribution in [0, 0.1) is 6.92 Å². The van der Waals surface area contributed by atoms with Crippen molar-refractivity contribution in [2.75, 3.05) is 19.0 Å². The van der Waals surface area contributed by atoms with Crippen molar-refractivity contribution in [3.63, 3.8) is 0 Å². The number of hydrogen-bond donors (Lipinski definition) is 0. The highest BCUT2D eigenvalue weighted by Crippen LogP contribution is 2.32. The summed E-state index contributed by atoms with van der Waals surface area (Å²) in [7, 11) is 0. The first kappa shape index (κ1) is 20.4. The third kappa shape index (κ3) is 4.27. The molecule has 0 fully saturated rings. The van der Waals surface area contributed by atoms with E-state index < -0.39 is 0 Å². The standard InChI is InChI=1S/C24H21N3O4S/c1-16-4-2-5-18(12-16)23-25-26-24(27(23)14-19-6-3-9-29-19)32-15-20(28)17-7-8-21-22(13-17)31-11-10-30-21/h2-9,12-13H,10-11,14-15H2,1H3. The first-order valence-electron chi connectivity index (χ1n) is 10.3. The lowest BCUT2D eigenvalue weighted by atomic mass is 10.1. The van der Waals surface area contributed by atoms with E-state index in [1.165, 1.54) is 11.8 Å². The molecule has 2 aromatic carbocycles. The van der Waals surface area contributed by atoms with E-state index in [0.717, 1.165) is 22.7 Å². The monoisotopic (exact) mass is 447 g/mol. The van der Waals surface area contributed by atoms with Crippen LogP contribution in [0.5, 0.6) is 11.5 Å². The van der Waals surface area contributed by atoms with Crippen molar-refractivity contribution < 1.29 is 18.7 Å². The first-order chi connectivity index (χ1) is 15.7. The number of fused-ring (bicyclic) bond motifs is 1. The predicted molar refractivity (Wildman–Crippen MR) is 120 cm³/mol. The van der Waals surface area contributed by atoms with Gasteiger partial charge in [-0.15, -0.1) is 10.2 Å². The van der Waals surface area contributed by atoms with E-state index >= 15 is 0 Å². The maximum atomic E-state index is 12.9. The normalized spacial score (nSPS) is 12.7. The number of aryl methyl sites for hydroxylation is 1. The van der Waals surface area contributed by atoms with Crippen molar-refractivity contribution in [2.24, 2.45) is 0 Å². The Labute approximate surface area is 189 Å². The number of hydrogen-bond acceptors (Lipinski definition) is 7. The van der Waals surface area contributed by atoms with Gasteiger partial charge in [0.15, 0.2) is 28.3 Å². The summed E-state index contributed by atoms with van der Waals surface area (Å²) in [5.74, 6) is 3.01. The second-order valence-electron chi connectivity index (χ2n) is 7.41. The predicted octanol–water partition coefficient (Wildman–Crippen LogP) is 4.64. The summed E-state index contributed by atoms with van der Waals surface area (Å²) in [6, 6.07) is 17.2. The summed E-state index contributed by atoms with van der Waals surface area (Å²) < 4.78 is 18.7. The number of aromatic nitrogens is 3. The Hall–Kier alpha value is -3.52. The van der Waals surface area contributed by atoms with Crippen LogP contribution in [0.3, 0.4) is 0 Å². The number of nitrogens with zero attached hydrogens (tertiary/aromatic N) is 3. The number of ether oxygens (including phenoxy) is 2. The molecular formula is C24H21N3O4S. The summed E-state index contributed by atoms with van der Waals surface area (Å²) >= 11 is 1.36. The van der Waals surface area contributed by atoms with E-state index in [1.807, 2.05) is 41.8 Å². The zero-order chi connectivity index (χ0) is 21.9. The second-order valence-corrected chi connectivity index (χ2v) is 8.35. The number of rotatable bonds is 7. The number of carbonyl (C=O) groups is 1. The number of thioether (sulfide) groups is 1. The molecule has 0 unspecified atom stereocenters. The van der Waals surface area contributed by atoms with Gasteiger partial charge in [-0.25, -0.2) is 0 Å². The lowest BCUT2D eigenvalue weighted by Crippen LogP contribution is -2.16. The summed E-state index contributed by atoms with van der Waals surface area (Å²) in [6.45, 7) is 3.52. The Kier molecular flexibility index (Phi) is 5.68. The fourth-order valence-corrected chi connectivity index (χ4v) is 4.36. The minimum atomic E-state index is -0.0170. The maximum Gasteiger partial charge on any atom is 0.192 e. The highest BCUT2D eigenvalue weighted by Gasteiger charge is 2.19. The molecule has 0 bridgehead atoms. The molecule has 8 heteroatoms. The van der Waals surface area contributed by atoms with Crippen LogP contribution < -0.4 is 9.47 Å². The molecule has 0 amide bonds. The van der Waals surface area contributed by atoms with Crippen LogP contribution in [0.2, 0.25) is 0 Å². The largest absolute Gasteiger partial charge is 0.486 e. The minimum Gasteiger partial charge on any atom is -0.486 e. The number of ketones is 1. The summed E-state index contributed by atoms with van der Waals surface area (Å²) in [5, 5.41) is 9.45. The fourth-order valence-electron chi connectivity index (χ4n) is 3.52. The maximum absolute atomic E-state index is 12.9. The van der Waals surface area contributed by atoms with Gasteiger partial charge in [-0.2, -0.15) is 0 Å². The molecule has 5 rings (SSSR count). The third-order valence-corrected chi connectivity index (χ3v) is 6.05. The average molecular weight is 448 g/mol. The van der Waals surface area contributed by atoms with Gasteiger partial charge in [-0.3, -0.25) is 9.36 Å². The SMILES string of the molecule is Cc1cccc(-c2nnc(SCC(=O)c3ccc4c(c3)OCCO4)n2Cc2ccco2)c1. The molecule has 0 spiro atoms. The molecule has 0 saturated carbocycles. The van der Waals surface area contributed by atoms with Gasteiger partial charge in [0.1, 0.15) is 19.0 Å². The van der Waals surface area contributed by atoms with E-state index in [1.54, 1.807) is 24.5 Å². The van der Waals surface area contributed by atoms with Gasteiger partial charge in [0, 0.05) is 11.1 Å². The molecule has 0 saturated heterocycles. The van der Waals surface area contributed by atoms with Gasteiger partial charge in [0.25, 0.3) is 0 Å². The summed E-state index contributed by atoms with van der Waals surface area (Å²) in [6.07, 6.45) is 1.64. The molecule has 0 N–H and O–H groups in total. The number of benzene rings is 2. The Morgan fingerprint density at radius 1 is 1.03 bits per heavy atom. The van der Waals surface area contributed by atoms with Crippen LogP contribution in [0.15, 0.2) is 70.4 Å². The van der Waals surface area contributed by atoms with Gasteiger partial charge >= 0.3 is 0 Å². The molecule has 3 heterocycles. The molecule has 0 atom stereocenters. The van der Waals surface area contributed by atoms with Gasteiger partial charge < -0.3 is 13.9 Å². The van der Waals surface area contributed by atoms with Crippen molar-refractivity contribution in [3.05, 3.63) is 77.7 Å². The number of carbonyl (C=O) groups excluding carboxylic acids is 1. The van der Waals surface area contributed by atoms with Gasteiger partial charge in [-0.1, -0.05) is 35.5 Å². The Morgan fingerprint density at radius 3 is 2.72 bits per heavy atom. The highest BCUT2D eigenvalue weighted by atomic mass is 32.2. The van der Waals surface area contributed by atoms with Gasteiger partial charge in [-0.05, 0) is 43.3 Å². The summed E-state index contributed by atoms with van der Waals surface area (Å²) in [5.41, 5.74) is 2.69. The van der Waals surface area contributed by atoms with Crippen molar-refractivity contribution in [3.8, 4) is 22.9 Å². The van der Waals surface area contributed by atoms with E-state index in [9.17, 15) is 4.79 Å². The van der Waals surface area contributed by atoms with Crippen LogP contribution in [-0.4, -0.2) is 39.5 Å². The summed E-state index contributed by atoms with van der Waals surface area (Å²) in [4.78, 5) is 12.9. The highest BCUT2D eigenvalue weighted by molar-refractivity contribution is 7.99. The van der Waals surface area contributed by atoms with Crippen molar-refractivity contribution in [1.29, 1.82) is 0 Å². The fraction of sp³-hybridized carbons (Fsp3) is 0.208. The lowest BCUT2D eigenvalue weighted by Gasteiger charge is -2.18. The number of Topliss-reactive ketones (excluding diaryl/α,β-unsaturated/α-hetero) is 1. The minimum absolute atomic E-state index is 0.0170. The Bertz CT molecular complexity index is 1250. The smallest absolute Gasteiger partial charge is 0.192 e. The van der Waals surface area contributed by atoms with Crippen LogP contribution in [0.4, 0.5) is 0 Å². The van der Waals surface area contributed by atoms with Crippen LogP contribution in [0.1, 0.15) is 21.7 Å². The molecule has 1 aliphatic heterocycles. The van der Waals surface area contributed by atoms with E-state index in [4.69, 9.17) is 13.9 Å². The number of furan rings is 1. The van der Waals surface area contributed by atoms with Crippen molar-refractivity contribution in [1.82, 2.24) is 14.8 Å². The second kappa shape index (κ2) is 8.92. The Balaban J connectivity index is 1.39. The molecule has 2 aromatic heterocycles. The van der Waals surface area contributed by atoms with E-state index in [2.05, 4.69) is 16.3 Å². The van der Waals surface area contributed by atoms with E-state index in [0.29, 0.717) is 42.0 Å². The molecule has 4 aromatic rings. The molecule has 0 radical (unpaired) electrons. The molecule has 32 heavy (non-hydrogen) atoms. The van der Waals surface area contributed by atoms with Crippen LogP contribution in [-0.2, 0) is 6.54 Å². The quantitative estimate of drug-likeness (QED) is 0.302. The van der Waals surface area contributed by atoms with Gasteiger partial charge in [0.05, 0.1) is 18.6 Å². The Morgan fingerprint density at radius 2 is 1.91 bits per heavy atom. The van der Waals surface area contributed by atoms with Crippen molar-refractivity contribution in [2.45, 2.75) is 18.6 Å². The molecule has 162 valence electrons. The van der Waals surface area contributed by atoms with Gasteiger partial charge in [0.2, 0.25) is 0 Å². The third-order valence-electron chi connectivity index (χ3n) is 5.08. The van der Waals surface area contributed by atoms with Crippen LogP contribution >= 0.6 is 11.8 Å². The topological polar surface area (TPSA) is 79.4 Å². The molecular weight excluding hydrogens is 426 g/mol. The first-order valence-corrected chi connectivity index (χ1v) is 11.2. The van der Waals surface area contributed by atoms with E-state index in [-0.39, 0.29) is 11.5 Å². The lowest BCUT2D eigenvalue weighted by molar-refractivity contribution is 0.102. The molecule has 7 nitrogen and oxygen atoms in total. The molecule has 1 aliphatic rings.